The normalized spacial score (nSPS) is 25.6. The second kappa shape index (κ2) is 48.7. The number of halogens is 1. The van der Waals surface area contributed by atoms with Gasteiger partial charge in [-0.25, -0.2) is 14.4 Å². The number of epoxide rings is 1. The Labute approximate surface area is 800 Å². The molecule has 134 heavy (non-hydrogen) atoms. The number of allylic oxidation sites excluding steroid dienone is 4. The number of ether oxygens (including phenoxy) is 5. The monoisotopic (exact) mass is 1940 g/mol. The average molecular weight is 1950 g/mol. The van der Waals surface area contributed by atoms with Gasteiger partial charge in [-0.05, 0) is 163 Å². The fourth-order valence-corrected chi connectivity index (χ4v) is 21.6. The van der Waals surface area contributed by atoms with Crippen LogP contribution in [-0.4, -0.2) is 244 Å². The number of para-hydroxylation sites is 1. The molecule has 5 aromatic carbocycles. The van der Waals surface area contributed by atoms with Crippen LogP contribution in [0.25, 0.3) is 5.57 Å². The number of phenols is 1. The fourth-order valence-electron chi connectivity index (χ4n) is 16.2. The number of urea groups is 1. The number of amides is 12. The zero-order valence-corrected chi connectivity index (χ0v) is 80.8. The number of methoxy groups -OCH3 is 2. The van der Waals surface area contributed by atoms with Gasteiger partial charge in [-0.2, -0.15) is 0 Å². The minimum Gasteiger partial charge on any atom is -0.508 e. The molecule has 34 nitrogen and oxygen atoms in total. The van der Waals surface area contributed by atoms with Crippen molar-refractivity contribution in [3.8, 4) is 11.5 Å². The number of phenolic OH excluding ortho intramolecular Hbond substituents is 1. The summed E-state index contributed by atoms with van der Waals surface area (Å²) in [7, 11) is 10.0. The summed E-state index contributed by atoms with van der Waals surface area (Å²) in [4.78, 5) is 193. The van der Waals surface area contributed by atoms with Gasteiger partial charge in [0.2, 0.25) is 53.2 Å². The lowest BCUT2D eigenvalue weighted by molar-refractivity contribution is -0.162. The molecule has 3 saturated heterocycles. The Kier molecular flexibility index (Phi) is 38.3. The van der Waals surface area contributed by atoms with Gasteiger partial charge in [-0.1, -0.05) is 177 Å². The number of nitrogens with one attached hydrogen (secondary N) is 9. The number of carbonyl (C=O) groups is 13. The van der Waals surface area contributed by atoms with Crippen molar-refractivity contribution in [1.29, 1.82) is 0 Å². The van der Waals surface area contributed by atoms with E-state index in [4.69, 9.17) is 46.8 Å². The Morgan fingerprint density at radius 1 is 0.821 bits per heavy atom. The molecule has 0 aromatic heterocycles. The van der Waals surface area contributed by atoms with Crippen LogP contribution in [0.1, 0.15) is 134 Å². The number of esters is 1. The lowest BCUT2D eigenvalue weighted by Crippen LogP contribution is -2.63. The van der Waals surface area contributed by atoms with Crippen LogP contribution in [-0.2, 0) is 97.4 Å². The SMILES string of the molecule is COc1cc2cc(c1Cl)N(C)C(=O)C[C@H](OC(=O)[C@H](C)N(C)C(=O)CCC(C)(C)SSC[C@H](NC(=O)[C@@H]1CSSC[C@H](NC(=O)[C@@H](Cc3ccccc3)NC(=O)Nc3ccccc3)C(=O)C[C@@H](Cc3ccc(O)cc3)C(=O)N[C@H](CC3=CCc4ccccc43)C(=O)N[C@@H](CCCCN)C(=O)N[C@@H]([C@@H](C)O)C(=O)N1)C(N)=O)[C@]1(C)O[C@H]1[C@H](C)[C@@H]1C[C@@](O)(NC(=O)O1)[C@H](OC)/C=C/C=C(\C)C2. The van der Waals surface area contributed by atoms with Gasteiger partial charge in [0.25, 0.3) is 0 Å². The number of aliphatic hydroxyl groups excluding tert-OH is 1. The number of alkyl carbamates (subject to hydrolysis) is 1. The molecule has 0 spiro atoms. The highest BCUT2D eigenvalue weighted by molar-refractivity contribution is 8.77. The number of nitrogens with two attached hydrogens (primary N) is 2. The molecule has 16 N–H and O–H groups in total. The fraction of sp³-hybridized carbons (Fsp3) is 0.484. The maximum Gasteiger partial charge on any atom is 0.409 e. The molecule has 0 unspecified atom stereocenters. The first-order valence-electron chi connectivity index (χ1n) is 44.3. The zero-order valence-electron chi connectivity index (χ0n) is 76.8. The van der Waals surface area contributed by atoms with Crippen LogP contribution in [0.3, 0.4) is 0 Å². The second-order valence-electron chi connectivity index (χ2n) is 35.1. The van der Waals surface area contributed by atoms with Gasteiger partial charge < -0.3 is 103 Å². The molecule has 4 bridgehead atoms. The Morgan fingerprint density at radius 2 is 1.50 bits per heavy atom. The van der Waals surface area contributed by atoms with E-state index in [1.54, 1.807) is 111 Å². The minimum absolute atomic E-state index is 0.0607. The van der Waals surface area contributed by atoms with E-state index in [2.05, 4.69) is 47.9 Å². The Morgan fingerprint density at radius 3 is 2.19 bits per heavy atom. The molecule has 17 atom stereocenters. The average Bonchev–Trinajstić information content (AvgIpc) is 1.57. The summed E-state index contributed by atoms with van der Waals surface area (Å²) < 4.78 is 29.1. The molecule has 5 aliphatic rings. The van der Waals surface area contributed by atoms with E-state index in [1.807, 2.05) is 57.2 Å². The van der Waals surface area contributed by atoms with E-state index in [0.29, 0.717) is 47.3 Å². The van der Waals surface area contributed by atoms with Crippen molar-refractivity contribution >= 4 is 149 Å². The van der Waals surface area contributed by atoms with Crippen molar-refractivity contribution < 1.29 is 101 Å². The Bertz CT molecular complexity index is 5140. The van der Waals surface area contributed by atoms with Gasteiger partial charge >= 0.3 is 18.1 Å². The van der Waals surface area contributed by atoms with Crippen LogP contribution in [0.5, 0.6) is 11.5 Å². The predicted octanol–water partition coefficient (Wildman–Crippen LogP) is 7.74. The lowest BCUT2D eigenvalue weighted by atomic mass is 9.83. The van der Waals surface area contributed by atoms with Gasteiger partial charge in [0, 0.05) is 92.8 Å². The summed E-state index contributed by atoms with van der Waals surface area (Å²) in [6.07, 6.45) is 0.163. The summed E-state index contributed by atoms with van der Waals surface area (Å²) in [5.41, 5.74) is 14.5. The van der Waals surface area contributed by atoms with Crippen LogP contribution < -0.4 is 69.0 Å². The molecular weight excluding hydrogens is 1820 g/mol. The first-order chi connectivity index (χ1) is 63.7. The smallest absolute Gasteiger partial charge is 0.409 e. The lowest BCUT2D eigenvalue weighted by Gasteiger charge is -2.42. The van der Waals surface area contributed by atoms with Crippen LogP contribution >= 0.6 is 54.8 Å². The molecule has 0 radical (unpaired) electrons. The van der Waals surface area contributed by atoms with E-state index in [0.717, 1.165) is 54.6 Å². The number of benzene rings is 5. The third kappa shape index (κ3) is 29.2. The molecule has 1 aliphatic carbocycles. The number of unbranched alkanes of at least 4 members (excludes halogenated alkanes) is 1. The van der Waals surface area contributed by atoms with Crippen molar-refractivity contribution in [3.05, 3.63) is 184 Å². The van der Waals surface area contributed by atoms with Crippen LogP contribution in [0.2, 0.25) is 5.02 Å². The van der Waals surface area contributed by atoms with Crippen LogP contribution in [0, 0.1) is 11.8 Å². The molecular formula is C95H122ClN13O21S4. The largest absolute Gasteiger partial charge is 0.508 e. The van der Waals surface area contributed by atoms with Gasteiger partial charge in [0.15, 0.2) is 11.5 Å². The number of hydrogen-bond acceptors (Lipinski definition) is 26. The molecule has 4 heterocycles. The molecule has 4 aliphatic heterocycles. The van der Waals surface area contributed by atoms with Gasteiger partial charge in [0.1, 0.15) is 82.7 Å². The first kappa shape index (κ1) is 105. The van der Waals surface area contributed by atoms with Crippen LogP contribution in [0.15, 0.2) is 151 Å². The zero-order chi connectivity index (χ0) is 97.5. The maximum atomic E-state index is 15.5. The standard InChI is InChI=1S/C95H122ClN13O21S4/c1-53-23-22-31-76(127-11)95(125)49-75(128-92(124)107-95)54(2)82-94(7,130-82)77(48-79(114)109(9)72-44-59(41-53)45-74(126-10)80(72)96)129-90(122)55(3)108(8)78(113)38-39-93(5,6)134-133-51-70(83(98)115)103-88(120)71-52-132-131-50-69(102-86(118)67(43-57-24-14-12-15-25-57)105-91(123)99-63-27-16-13-17-28-63)73(112)47-62(42-58-32-36-64(111)37-33-58)84(116)101-68(46-61-35-34-60-26-18-19-29-65(60)61)87(119)100-66(30-20-21-40-97)85(117)106-81(56(4)110)89(121)104-71/h12-19,22-29,31-33,35-37,44-45,54-56,62,66-71,75-77,81-82,110-111,125H,20-21,30,34,38-43,46-52,97H2,1-11H3,(H2,98,115)(H,100,119)(H,101,116)(H,102,118)(H,103,120)(H,104,121)(H,106,117)(H,107,124)(H2,99,105,123)/b31-22+,53-23+/t54-,55+,56-,62-,66+,67-,68-,69+,70+,71+,75+,76-,77+,81+,82+,94+,95+/m1/s1. The van der Waals surface area contributed by atoms with E-state index in [9.17, 15) is 53.7 Å². The highest BCUT2D eigenvalue weighted by Gasteiger charge is 2.65. The highest BCUT2D eigenvalue weighted by atomic mass is 35.5. The minimum atomic E-state index is -1.96. The summed E-state index contributed by atoms with van der Waals surface area (Å²) in [6.45, 7) is 11.8. The number of likely N-dealkylation sites (N-methyl/N-ethyl adjacent to an activating group) is 1. The topological polar surface area (TPSA) is 499 Å². The number of aromatic hydroxyl groups is 1. The van der Waals surface area contributed by atoms with Crippen molar-refractivity contribution in [1.82, 2.24) is 47.4 Å². The maximum absolute atomic E-state index is 15.5. The predicted molar refractivity (Wildman–Crippen MR) is 515 cm³/mol. The number of aliphatic hydroxyl groups is 2. The summed E-state index contributed by atoms with van der Waals surface area (Å²) in [5.74, 6) is -11.8. The molecule has 0 saturated carbocycles. The summed E-state index contributed by atoms with van der Waals surface area (Å²) in [5, 5.41) is 58.5. The third-order valence-corrected chi connectivity index (χ3v) is 30.5. The van der Waals surface area contributed by atoms with Gasteiger partial charge in [-0.3, -0.25) is 53.3 Å². The summed E-state index contributed by atoms with van der Waals surface area (Å²) >= 11 is 6.92. The van der Waals surface area contributed by atoms with E-state index >= 15 is 24.0 Å². The van der Waals surface area contributed by atoms with Crippen molar-refractivity contribution in [2.24, 2.45) is 23.3 Å². The quantitative estimate of drug-likeness (QED) is 0.00904. The number of nitrogens with zero attached hydrogens (tertiary/aromatic N) is 2. The first-order valence-corrected chi connectivity index (χ1v) is 49.5. The van der Waals surface area contributed by atoms with Gasteiger partial charge in [0.05, 0.1) is 37.5 Å². The molecule has 5 aromatic rings. The number of ketones is 1. The number of carbonyl (C=O) groups excluding carboxylic acids is 13. The van der Waals surface area contributed by atoms with Crippen LogP contribution in [0.4, 0.5) is 21.0 Å². The van der Waals surface area contributed by atoms with Gasteiger partial charge in [-0.15, -0.1) is 0 Å². The number of primary amides is 1. The number of hydrogen-bond donors (Lipinski definition) is 14. The Balaban J connectivity index is 0.870. The van der Waals surface area contributed by atoms with Crippen molar-refractivity contribution in [3.63, 3.8) is 0 Å². The van der Waals surface area contributed by atoms with Crippen molar-refractivity contribution in [2.45, 2.75) is 227 Å². The molecule has 10 rings (SSSR count). The van der Waals surface area contributed by atoms with E-state index in [1.165, 1.54) is 74.9 Å². The molecule has 39 heteroatoms. The molecule has 3 fully saturated rings. The summed E-state index contributed by atoms with van der Waals surface area (Å²) in [6, 6.07) is 21.4. The molecule has 724 valence electrons. The highest BCUT2D eigenvalue weighted by Crippen LogP contribution is 2.50. The third-order valence-electron chi connectivity index (χ3n) is 24.3. The number of rotatable bonds is 30. The molecule has 12 amide bonds. The van der Waals surface area contributed by atoms with E-state index in [-0.39, 0.29) is 91.7 Å². The Hall–Kier alpha value is -10.7. The second-order valence-corrected chi connectivity index (χ2v) is 41.0. The number of anilines is 2. The van der Waals surface area contributed by atoms with Crippen molar-refractivity contribution in [2.75, 3.05) is 62.3 Å². The van der Waals surface area contributed by atoms with E-state index < -0.39 is 197 Å². The number of fused-ring (bicyclic) bond motifs is 6. The number of Topliss-reactive ketones (excluding diaryl/α,β-unsaturated/α-hetero) is 1.